The zero-order valence-corrected chi connectivity index (χ0v) is 26.2. The van der Waals surface area contributed by atoms with Gasteiger partial charge in [0, 0.05) is 37.6 Å². The fraction of sp³-hybridized carbons (Fsp3) is 0.444. The van der Waals surface area contributed by atoms with Crippen LogP contribution in [0.25, 0.3) is 0 Å². The standard InChI is InChI=1S/C27H38ClN7O4S2/c1-5-15-34(16-6-2)40(36,37)23-13-9-11-21(19-23)29-26-31-25(28)32-27(33-26)30-22-12-10-14-24(20-22)41(38,39)35(17-7-3)18-8-4/h9-14,19-20H,5-8,15-18H2,1-4H3,(H2,29,30,31,32,33). The lowest BCUT2D eigenvalue weighted by Gasteiger charge is -2.21. The lowest BCUT2D eigenvalue weighted by Crippen LogP contribution is -2.32. The number of benzene rings is 2. The highest BCUT2D eigenvalue weighted by Gasteiger charge is 2.24. The van der Waals surface area contributed by atoms with E-state index in [2.05, 4.69) is 25.6 Å². The molecule has 2 N–H and O–H groups in total. The predicted molar refractivity (Wildman–Crippen MR) is 163 cm³/mol. The molecule has 1 aromatic heterocycles. The van der Waals surface area contributed by atoms with Gasteiger partial charge in [-0.3, -0.25) is 0 Å². The molecule has 0 saturated heterocycles. The van der Waals surface area contributed by atoms with Crippen molar-refractivity contribution in [3.05, 3.63) is 53.8 Å². The van der Waals surface area contributed by atoms with E-state index in [9.17, 15) is 16.8 Å². The summed E-state index contributed by atoms with van der Waals surface area (Å²) in [6.45, 7) is 9.49. The summed E-state index contributed by atoms with van der Waals surface area (Å²) in [6, 6.07) is 12.8. The number of anilines is 4. The number of hydrogen-bond acceptors (Lipinski definition) is 9. The Morgan fingerprint density at radius 3 is 1.34 bits per heavy atom. The van der Waals surface area contributed by atoms with Crippen molar-refractivity contribution >= 4 is 54.9 Å². The maximum absolute atomic E-state index is 13.2. The van der Waals surface area contributed by atoms with Crippen molar-refractivity contribution in [3.63, 3.8) is 0 Å². The topological polar surface area (TPSA) is 137 Å². The van der Waals surface area contributed by atoms with Crippen LogP contribution in [0.2, 0.25) is 5.28 Å². The summed E-state index contributed by atoms with van der Waals surface area (Å²) in [7, 11) is -7.36. The minimum Gasteiger partial charge on any atom is -0.324 e. The van der Waals surface area contributed by atoms with Crippen molar-refractivity contribution < 1.29 is 16.8 Å². The number of aromatic nitrogens is 3. The van der Waals surface area contributed by atoms with Gasteiger partial charge in [-0.2, -0.15) is 23.6 Å². The SMILES string of the molecule is CCCN(CCC)S(=O)(=O)c1cccc(Nc2nc(Cl)nc(Nc3cccc(S(=O)(=O)N(CCC)CCC)c3)n2)c1. The third kappa shape index (κ3) is 8.58. The van der Waals surface area contributed by atoms with Gasteiger partial charge in [0.2, 0.25) is 37.2 Å². The first-order chi connectivity index (χ1) is 19.5. The Morgan fingerprint density at radius 2 is 1.00 bits per heavy atom. The maximum atomic E-state index is 13.2. The van der Waals surface area contributed by atoms with Crippen LogP contribution < -0.4 is 10.6 Å². The first kappa shape index (κ1) is 32.7. The molecule has 3 rings (SSSR count). The highest BCUT2D eigenvalue weighted by molar-refractivity contribution is 7.89. The minimum atomic E-state index is -3.68. The second kappa shape index (κ2) is 14.9. The number of halogens is 1. The number of rotatable bonds is 16. The van der Waals surface area contributed by atoms with Crippen LogP contribution in [0, 0.1) is 0 Å². The second-order valence-corrected chi connectivity index (χ2v) is 13.6. The van der Waals surface area contributed by atoms with Gasteiger partial charge < -0.3 is 10.6 Å². The molecule has 3 aromatic rings. The fourth-order valence-electron chi connectivity index (χ4n) is 4.19. The van der Waals surface area contributed by atoms with Crippen molar-refractivity contribution in [2.75, 3.05) is 36.8 Å². The molecule has 0 aliphatic rings. The van der Waals surface area contributed by atoms with Crippen LogP contribution in [-0.4, -0.2) is 66.6 Å². The first-order valence-electron chi connectivity index (χ1n) is 13.7. The van der Waals surface area contributed by atoms with Crippen LogP contribution in [-0.2, 0) is 20.0 Å². The molecule has 0 spiro atoms. The number of nitrogens with zero attached hydrogens (tertiary/aromatic N) is 5. The Kier molecular flexibility index (Phi) is 11.9. The van der Waals surface area contributed by atoms with Crippen molar-refractivity contribution in [1.82, 2.24) is 23.6 Å². The molecule has 0 amide bonds. The first-order valence-corrected chi connectivity index (χ1v) is 17.0. The van der Waals surface area contributed by atoms with Crippen molar-refractivity contribution in [1.29, 1.82) is 0 Å². The summed E-state index contributed by atoms with van der Waals surface area (Å²) in [5.74, 6) is 0.170. The monoisotopic (exact) mass is 623 g/mol. The zero-order chi connectivity index (χ0) is 30.0. The number of nitrogens with one attached hydrogen (secondary N) is 2. The zero-order valence-electron chi connectivity index (χ0n) is 23.8. The summed E-state index contributed by atoms with van der Waals surface area (Å²) in [5, 5.41) is 5.88. The molecule has 0 aliphatic heterocycles. The Hall–Kier alpha value is -2.84. The van der Waals surface area contributed by atoms with Gasteiger partial charge in [-0.05, 0) is 73.7 Å². The third-order valence-corrected chi connectivity index (χ3v) is 9.91. The van der Waals surface area contributed by atoms with E-state index >= 15 is 0 Å². The summed E-state index contributed by atoms with van der Waals surface area (Å²) < 4.78 is 55.8. The minimum absolute atomic E-state index is 0.0851. The fourth-order valence-corrected chi connectivity index (χ4v) is 7.69. The van der Waals surface area contributed by atoms with Gasteiger partial charge in [0.15, 0.2) is 0 Å². The highest BCUT2D eigenvalue weighted by atomic mass is 35.5. The third-order valence-electron chi connectivity index (χ3n) is 5.96. The lowest BCUT2D eigenvalue weighted by atomic mass is 10.3. The van der Waals surface area contributed by atoms with Crippen molar-refractivity contribution in [2.24, 2.45) is 0 Å². The second-order valence-electron chi connectivity index (χ2n) is 9.37. The van der Waals surface area contributed by atoms with E-state index in [1.54, 1.807) is 36.4 Å². The van der Waals surface area contributed by atoms with E-state index in [-0.39, 0.29) is 27.0 Å². The average Bonchev–Trinajstić information content (AvgIpc) is 2.93. The van der Waals surface area contributed by atoms with Gasteiger partial charge in [-0.15, -0.1) is 0 Å². The predicted octanol–water partition coefficient (Wildman–Crippen LogP) is 5.63. The van der Waals surface area contributed by atoms with Gasteiger partial charge in [0.05, 0.1) is 9.79 Å². The van der Waals surface area contributed by atoms with E-state index in [4.69, 9.17) is 11.6 Å². The Morgan fingerprint density at radius 1 is 0.634 bits per heavy atom. The van der Waals surface area contributed by atoms with Gasteiger partial charge >= 0.3 is 0 Å². The molecule has 0 saturated carbocycles. The number of sulfonamides is 2. The largest absolute Gasteiger partial charge is 0.324 e. The Labute approximate surface area is 248 Å². The summed E-state index contributed by atoms with van der Waals surface area (Å²) in [6.07, 6.45) is 2.84. The van der Waals surface area contributed by atoms with E-state index in [0.29, 0.717) is 63.2 Å². The molecule has 2 aromatic carbocycles. The van der Waals surface area contributed by atoms with Crippen LogP contribution in [0.1, 0.15) is 53.4 Å². The molecule has 14 heteroatoms. The van der Waals surface area contributed by atoms with E-state index in [0.717, 1.165) is 0 Å². The lowest BCUT2D eigenvalue weighted by molar-refractivity contribution is 0.409. The molecule has 0 unspecified atom stereocenters. The smallest absolute Gasteiger partial charge is 0.243 e. The highest BCUT2D eigenvalue weighted by Crippen LogP contribution is 2.25. The van der Waals surface area contributed by atoms with Crippen LogP contribution in [0.5, 0.6) is 0 Å². The van der Waals surface area contributed by atoms with Gasteiger partial charge in [0.1, 0.15) is 0 Å². The molecule has 11 nitrogen and oxygen atoms in total. The quantitative estimate of drug-likeness (QED) is 0.208. The summed E-state index contributed by atoms with van der Waals surface area (Å²) in [5.41, 5.74) is 0.902. The van der Waals surface area contributed by atoms with E-state index in [1.807, 2.05) is 27.7 Å². The molecule has 0 atom stereocenters. The molecular weight excluding hydrogens is 586 g/mol. The Balaban J connectivity index is 1.85. The average molecular weight is 624 g/mol. The molecule has 224 valence electrons. The van der Waals surface area contributed by atoms with Gasteiger partial charge in [-0.1, -0.05) is 39.8 Å². The van der Waals surface area contributed by atoms with E-state index < -0.39 is 20.0 Å². The maximum Gasteiger partial charge on any atom is 0.243 e. The van der Waals surface area contributed by atoms with Crippen LogP contribution in [0.4, 0.5) is 23.3 Å². The molecule has 0 aliphatic carbocycles. The molecule has 0 fully saturated rings. The molecule has 0 bridgehead atoms. The van der Waals surface area contributed by atoms with Gasteiger partial charge in [-0.25, -0.2) is 16.8 Å². The molecule has 1 heterocycles. The normalized spacial score (nSPS) is 12.2. The Bertz CT molecular complexity index is 1400. The van der Waals surface area contributed by atoms with Crippen LogP contribution >= 0.6 is 11.6 Å². The van der Waals surface area contributed by atoms with Crippen LogP contribution in [0.3, 0.4) is 0 Å². The van der Waals surface area contributed by atoms with Crippen molar-refractivity contribution in [3.8, 4) is 0 Å². The molecule has 0 radical (unpaired) electrons. The van der Waals surface area contributed by atoms with E-state index in [1.165, 1.54) is 20.7 Å². The molecular formula is C27H38ClN7O4S2. The van der Waals surface area contributed by atoms with Crippen molar-refractivity contribution in [2.45, 2.75) is 63.2 Å². The summed E-state index contributed by atoms with van der Waals surface area (Å²) in [4.78, 5) is 12.9. The summed E-state index contributed by atoms with van der Waals surface area (Å²) >= 11 is 6.17. The van der Waals surface area contributed by atoms with Crippen LogP contribution in [0.15, 0.2) is 58.3 Å². The molecule has 41 heavy (non-hydrogen) atoms. The number of hydrogen-bond donors (Lipinski definition) is 2. The van der Waals surface area contributed by atoms with Gasteiger partial charge in [0.25, 0.3) is 0 Å².